The molecule has 3 rings (SSSR count). The van der Waals surface area contributed by atoms with E-state index < -0.39 is 23.7 Å². The van der Waals surface area contributed by atoms with E-state index in [0.717, 1.165) is 10.6 Å². The summed E-state index contributed by atoms with van der Waals surface area (Å²) < 4.78 is 18.3. The second-order valence-corrected chi connectivity index (χ2v) is 7.32. The largest absolute Gasteiger partial charge is 0.481 e. The van der Waals surface area contributed by atoms with Gasteiger partial charge in [-0.2, -0.15) is 0 Å². The lowest BCUT2D eigenvalue weighted by Gasteiger charge is -2.28. The van der Waals surface area contributed by atoms with Gasteiger partial charge in [-0.3, -0.25) is 25.2 Å². The van der Waals surface area contributed by atoms with Gasteiger partial charge in [-0.1, -0.05) is 12.1 Å². The molecular weight excluding hydrogens is 397 g/mol. The molecule has 0 aromatic heterocycles. The minimum atomic E-state index is -0.895. The van der Waals surface area contributed by atoms with Crippen molar-refractivity contribution in [2.45, 2.75) is 24.3 Å². The molecule has 0 saturated heterocycles. The first-order chi connectivity index (χ1) is 13.9. The van der Waals surface area contributed by atoms with Gasteiger partial charge in [-0.05, 0) is 43.3 Å². The van der Waals surface area contributed by atoms with Gasteiger partial charge in [-0.25, -0.2) is 4.39 Å². The Morgan fingerprint density at radius 1 is 1.17 bits per heavy atom. The van der Waals surface area contributed by atoms with Gasteiger partial charge >= 0.3 is 0 Å². The Balaban J connectivity index is 1.45. The molecule has 2 aromatic carbocycles. The van der Waals surface area contributed by atoms with Crippen LogP contribution in [0.5, 0.6) is 5.75 Å². The Morgan fingerprint density at radius 3 is 2.66 bits per heavy atom. The van der Waals surface area contributed by atoms with Crippen LogP contribution in [0.1, 0.15) is 13.3 Å². The number of hydrogen-bond acceptors (Lipinski definition) is 5. The number of nitrogens with zero attached hydrogens (tertiary/aromatic N) is 1. The fourth-order valence-electron chi connectivity index (χ4n) is 2.68. The van der Waals surface area contributed by atoms with Crippen LogP contribution in [0.25, 0.3) is 0 Å². The van der Waals surface area contributed by atoms with Crippen LogP contribution >= 0.6 is 11.8 Å². The monoisotopic (exact) mass is 417 g/mol. The molecule has 152 valence electrons. The van der Waals surface area contributed by atoms with Crippen LogP contribution in [0.15, 0.2) is 53.4 Å². The van der Waals surface area contributed by atoms with E-state index >= 15 is 0 Å². The summed E-state index contributed by atoms with van der Waals surface area (Å²) in [7, 11) is 0. The Bertz CT molecular complexity index is 907. The number of ether oxygens (including phenoxy) is 1. The Morgan fingerprint density at radius 2 is 1.90 bits per heavy atom. The summed E-state index contributed by atoms with van der Waals surface area (Å²) >= 11 is 1.47. The minimum Gasteiger partial charge on any atom is -0.481 e. The zero-order valence-corrected chi connectivity index (χ0v) is 16.5. The SMILES string of the molecule is CC(Oc1ccc(F)cc1)C(=O)NNC(=O)CCN1C(=O)CSc2ccccc21. The van der Waals surface area contributed by atoms with Crippen molar-refractivity contribution in [2.75, 3.05) is 17.2 Å². The number of thioether (sulfide) groups is 1. The van der Waals surface area contributed by atoms with Crippen molar-refractivity contribution >= 4 is 35.2 Å². The quantitative estimate of drug-likeness (QED) is 0.704. The molecule has 0 radical (unpaired) electrons. The van der Waals surface area contributed by atoms with Gasteiger partial charge in [0.25, 0.3) is 5.91 Å². The zero-order chi connectivity index (χ0) is 20.8. The third-order valence-electron chi connectivity index (χ3n) is 4.19. The number of benzene rings is 2. The molecule has 2 N–H and O–H groups in total. The molecular formula is C20H20FN3O4S. The summed E-state index contributed by atoms with van der Waals surface area (Å²) in [5.41, 5.74) is 5.39. The summed E-state index contributed by atoms with van der Waals surface area (Å²) in [4.78, 5) is 38.9. The highest BCUT2D eigenvalue weighted by molar-refractivity contribution is 8.00. The van der Waals surface area contributed by atoms with Gasteiger partial charge in [0.05, 0.1) is 11.4 Å². The van der Waals surface area contributed by atoms with E-state index in [1.807, 2.05) is 24.3 Å². The number of anilines is 1. The predicted octanol–water partition coefficient (Wildman–Crippen LogP) is 2.27. The zero-order valence-electron chi connectivity index (χ0n) is 15.7. The minimum absolute atomic E-state index is 0.0260. The molecule has 0 aliphatic carbocycles. The number of hydrogen-bond donors (Lipinski definition) is 2. The molecule has 3 amide bonds. The maximum absolute atomic E-state index is 12.9. The molecule has 29 heavy (non-hydrogen) atoms. The Hall–Kier alpha value is -3.07. The predicted molar refractivity (Wildman–Crippen MR) is 107 cm³/mol. The van der Waals surface area contributed by atoms with Gasteiger partial charge < -0.3 is 9.64 Å². The maximum atomic E-state index is 12.9. The van der Waals surface area contributed by atoms with Crippen LogP contribution in [0.4, 0.5) is 10.1 Å². The summed E-state index contributed by atoms with van der Waals surface area (Å²) in [6, 6.07) is 12.8. The van der Waals surface area contributed by atoms with Crippen molar-refractivity contribution in [3.05, 3.63) is 54.3 Å². The molecule has 0 spiro atoms. The van der Waals surface area contributed by atoms with Gasteiger partial charge in [-0.15, -0.1) is 11.8 Å². The highest BCUT2D eigenvalue weighted by Crippen LogP contribution is 2.34. The molecule has 0 saturated carbocycles. The molecule has 1 heterocycles. The normalized spacial score (nSPS) is 14.0. The Kier molecular flexibility index (Phi) is 6.71. The number of carbonyl (C=O) groups excluding carboxylic acids is 3. The average Bonchev–Trinajstić information content (AvgIpc) is 2.72. The number of carbonyl (C=O) groups is 3. The summed E-state index contributed by atoms with van der Waals surface area (Å²) in [5.74, 6) is -0.801. The third-order valence-corrected chi connectivity index (χ3v) is 5.24. The molecule has 9 heteroatoms. The maximum Gasteiger partial charge on any atom is 0.279 e. The first kappa shape index (κ1) is 20.7. The second kappa shape index (κ2) is 9.42. The van der Waals surface area contributed by atoms with E-state index in [4.69, 9.17) is 4.74 Å². The van der Waals surface area contributed by atoms with Crippen LogP contribution in [0.3, 0.4) is 0 Å². The topological polar surface area (TPSA) is 87.7 Å². The molecule has 1 aliphatic rings. The summed E-state index contributed by atoms with van der Waals surface area (Å²) in [6.45, 7) is 1.71. The fourth-order valence-corrected chi connectivity index (χ4v) is 3.61. The van der Waals surface area contributed by atoms with E-state index in [1.54, 1.807) is 4.90 Å². The van der Waals surface area contributed by atoms with Crippen LogP contribution in [-0.4, -0.2) is 36.1 Å². The van der Waals surface area contributed by atoms with Crippen molar-refractivity contribution in [2.24, 2.45) is 0 Å². The highest BCUT2D eigenvalue weighted by atomic mass is 32.2. The summed E-state index contributed by atoms with van der Waals surface area (Å²) in [6.07, 6.45) is -0.869. The summed E-state index contributed by atoms with van der Waals surface area (Å²) in [5, 5.41) is 0. The van der Waals surface area contributed by atoms with Gasteiger partial charge in [0.1, 0.15) is 11.6 Å². The van der Waals surface area contributed by atoms with Crippen molar-refractivity contribution in [3.8, 4) is 5.75 Å². The van der Waals surface area contributed by atoms with Gasteiger partial charge in [0.15, 0.2) is 6.10 Å². The highest BCUT2D eigenvalue weighted by Gasteiger charge is 2.24. The second-order valence-electron chi connectivity index (χ2n) is 6.30. The molecule has 2 aromatic rings. The number of amides is 3. The number of nitrogens with one attached hydrogen (secondary N) is 2. The van der Waals surface area contributed by atoms with Crippen molar-refractivity contribution < 1.29 is 23.5 Å². The van der Waals surface area contributed by atoms with Gasteiger partial charge in [0.2, 0.25) is 11.8 Å². The van der Waals surface area contributed by atoms with Gasteiger partial charge in [0, 0.05) is 17.9 Å². The third kappa shape index (κ3) is 5.47. The van der Waals surface area contributed by atoms with Crippen LogP contribution in [-0.2, 0) is 14.4 Å². The smallest absolute Gasteiger partial charge is 0.279 e. The lowest BCUT2D eigenvalue weighted by molar-refractivity contribution is -0.132. The standard InChI is InChI=1S/C20H20FN3O4S/c1-13(28-15-8-6-14(21)7-9-15)20(27)23-22-18(25)10-11-24-16-4-2-3-5-17(16)29-12-19(24)26/h2-9,13H,10-12H2,1H3,(H,22,25)(H,23,27). The first-order valence-electron chi connectivity index (χ1n) is 8.97. The molecule has 1 atom stereocenters. The fraction of sp³-hybridized carbons (Fsp3) is 0.250. The molecule has 7 nitrogen and oxygen atoms in total. The number of hydrazine groups is 1. The lowest BCUT2D eigenvalue weighted by Crippen LogP contribution is -2.48. The van der Waals surface area contributed by atoms with Crippen molar-refractivity contribution in [3.63, 3.8) is 0 Å². The van der Waals surface area contributed by atoms with E-state index in [0.29, 0.717) is 11.5 Å². The van der Waals surface area contributed by atoms with Crippen LogP contribution in [0, 0.1) is 5.82 Å². The number of para-hydroxylation sites is 1. The Labute approximate surface area is 171 Å². The average molecular weight is 417 g/mol. The number of fused-ring (bicyclic) bond motifs is 1. The number of halogens is 1. The van der Waals surface area contributed by atoms with Crippen molar-refractivity contribution in [1.29, 1.82) is 0 Å². The van der Waals surface area contributed by atoms with E-state index in [9.17, 15) is 18.8 Å². The molecule has 0 fully saturated rings. The molecule has 1 unspecified atom stereocenters. The first-order valence-corrected chi connectivity index (χ1v) is 9.95. The lowest BCUT2D eigenvalue weighted by atomic mass is 10.2. The molecule has 1 aliphatic heterocycles. The van der Waals surface area contributed by atoms with Crippen LogP contribution in [0.2, 0.25) is 0 Å². The van der Waals surface area contributed by atoms with Crippen molar-refractivity contribution in [1.82, 2.24) is 10.9 Å². The van der Waals surface area contributed by atoms with E-state index in [1.165, 1.54) is 43.0 Å². The van der Waals surface area contributed by atoms with E-state index in [2.05, 4.69) is 10.9 Å². The van der Waals surface area contributed by atoms with Crippen LogP contribution < -0.4 is 20.5 Å². The molecule has 0 bridgehead atoms. The van der Waals surface area contributed by atoms with E-state index in [-0.39, 0.29) is 18.9 Å². The number of rotatable bonds is 6.